The summed E-state index contributed by atoms with van der Waals surface area (Å²) < 4.78 is 12.9. The van der Waals surface area contributed by atoms with E-state index in [4.69, 9.17) is 5.73 Å². The van der Waals surface area contributed by atoms with Crippen molar-refractivity contribution in [3.63, 3.8) is 0 Å². The quantitative estimate of drug-likeness (QED) is 0.708. The molecule has 0 spiro atoms. The van der Waals surface area contributed by atoms with E-state index in [9.17, 15) is 4.39 Å². The molecule has 3 aromatic rings. The summed E-state index contributed by atoms with van der Waals surface area (Å²) in [6.07, 6.45) is 0. The summed E-state index contributed by atoms with van der Waals surface area (Å²) in [7, 11) is 0. The van der Waals surface area contributed by atoms with Crippen LogP contribution in [0.3, 0.4) is 0 Å². The fourth-order valence-electron chi connectivity index (χ4n) is 2.12. The average Bonchev–Trinajstić information content (AvgIpc) is 2.81. The van der Waals surface area contributed by atoms with E-state index in [1.54, 1.807) is 12.1 Å². The number of aromatic nitrogens is 1. The maximum Gasteiger partial charge on any atom is 0.123 e. The highest BCUT2D eigenvalue weighted by molar-refractivity contribution is 5.85. The molecule has 3 rings (SSSR count). The van der Waals surface area contributed by atoms with E-state index in [0.29, 0.717) is 6.54 Å². The van der Waals surface area contributed by atoms with E-state index in [2.05, 4.69) is 11.1 Å². The summed E-state index contributed by atoms with van der Waals surface area (Å²) in [5.74, 6) is -0.216. The van der Waals surface area contributed by atoms with Crippen LogP contribution >= 0.6 is 0 Å². The largest absolute Gasteiger partial charge is 0.357 e. The Morgan fingerprint density at radius 2 is 1.67 bits per heavy atom. The molecule has 3 N–H and O–H groups in total. The number of rotatable bonds is 2. The number of nitrogens with two attached hydrogens (primary N) is 1. The summed E-state index contributed by atoms with van der Waals surface area (Å²) in [6, 6.07) is 14.7. The van der Waals surface area contributed by atoms with Crippen LogP contribution in [0.15, 0.2) is 48.5 Å². The summed E-state index contributed by atoms with van der Waals surface area (Å²) in [4.78, 5) is 3.25. The maximum absolute atomic E-state index is 12.9. The number of aromatic amines is 1. The third-order valence-corrected chi connectivity index (χ3v) is 3.07. The lowest BCUT2D eigenvalue weighted by Gasteiger charge is -2.01. The first-order chi connectivity index (χ1) is 8.76. The Balaban J connectivity index is 2.09. The lowest BCUT2D eigenvalue weighted by Crippen LogP contribution is -1.94. The van der Waals surface area contributed by atoms with Crippen molar-refractivity contribution in [1.82, 2.24) is 4.98 Å². The van der Waals surface area contributed by atoms with Crippen molar-refractivity contribution in [2.24, 2.45) is 5.73 Å². The summed E-state index contributed by atoms with van der Waals surface area (Å²) in [5.41, 5.74) is 9.77. The van der Waals surface area contributed by atoms with Gasteiger partial charge >= 0.3 is 0 Å². The van der Waals surface area contributed by atoms with Crippen molar-refractivity contribution in [3.05, 3.63) is 60.0 Å². The summed E-state index contributed by atoms with van der Waals surface area (Å²) in [6.45, 7) is 0.501. The van der Waals surface area contributed by atoms with E-state index >= 15 is 0 Å². The van der Waals surface area contributed by atoms with Crippen LogP contribution in [-0.2, 0) is 6.54 Å². The molecular formula is C15H13FN2. The molecule has 0 radical (unpaired) electrons. The van der Waals surface area contributed by atoms with Gasteiger partial charge in [0.05, 0.1) is 0 Å². The first-order valence-corrected chi connectivity index (χ1v) is 5.84. The molecule has 0 atom stereocenters. The molecule has 0 aliphatic carbocycles. The topological polar surface area (TPSA) is 41.8 Å². The van der Waals surface area contributed by atoms with Crippen molar-refractivity contribution in [3.8, 4) is 11.1 Å². The zero-order valence-electron chi connectivity index (χ0n) is 9.78. The summed E-state index contributed by atoms with van der Waals surface area (Å²) >= 11 is 0. The van der Waals surface area contributed by atoms with Crippen LogP contribution in [0.1, 0.15) is 5.69 Å². The Hall–Kier alpha value is -2.13. The molecule has 0 amide bonds. The summed E-state index contributed by atoms with van der Waals surface area (Å²) in [5, 5.41) is 1.12. The van der Waals surface area contributed by atoms with Crippen LogP contribution in [0.4, 0.5) is 4.39 Å². The monoisotopic (exact) mass is 240 g/mol. The fraction of sp³-hybridized carbons (Fsp3) is 0.0667. The number of H-pyrrole nitrogens is 1. The van der Waals surface area contributed by atoms with Crippen molar-refractivity contribution in [1.29, 1.82) is 0 Å². The zero-order chi connectivity index (χ0) is 12.5. The Morgan fingerprint density at radius 3 is 2.39 bits per heavy atom. The first-order valence-electron chi connectivity index (χ1n) is 5.84. The Kier molecular flexibility index (Phi) is 2.61. The molecular weight excluding hydrogens is 227 g/mol. The molecule has 1 aromatic heterocycles. The minimum Gasteiger partial charge on any atom is -0.357 e. The fourth-order valence-corrected chi connectivity index (χ4v) is 2.12. The number of nitrogens with one attached hydrogen (secondary N) is 1. The molecule has 0 saturated carbocycles. The Labute approximate surface area is 104 Å². The van der Waals surface area contributed by atoms with Gasteiger partial charge in [0.15, 0.2) is 0 Å². The third kappa shape index (κ3) is 1.89. The van der Waals surface area contributed by atoms with Gasteiger partial charge in [0.2, 0.25) is 0 Å². The van der Waals surface area contributed by atoms with E-state index in [1.807, 2.05) is 18.2 Å². The molecule has 18 heavy (non-hydrogen) atoms. The van der Waals surface area contributed by atoms with Gasteiger partial charge in [0, 0.05) is 23.1 Å². The van der Waals surface area contributed by atoms with Gasteiger partial charge in [-0.25, -0.2) is 4.39 Å². The van der Waals surface area contributed by atoms with Gasteiger partial charge in [-0.05, 0) is 41.5 Å². The normalized spacial score (nSPS) is 11.0. The smallest absolute Gasteiger partial charge is 0.123 e. The average molecular weight is 240 g/mol. The number of hydrogen-bond donors (Lipinski definition) is 2. The highest BCUT2D eigenvalue weighted by Gasteiger charge is 2.03. The Bertz CT molecular complexity index is 683. The van der Waals surface area contributed by atoms with Gasteiger partial charge in [-0.2, -0.15) is 0 Å². The zero-order valence-corrected chi connectivity index (χ0v) is 9.78. The molecule has 0 fully saturated rings. The second kappa shape index (κ2) is 4.27. The second-order valence-corrected chi connectivity index (χ2v) is 4.31. The van der Waals surface area contributed by atoms with E-state index in [1.165, 1.54) is 12.1 Å². The minimum atomic E-state index is -0.216. The number of halogens is 1. The molecule has 1 heterocycles. The number of fused-ring (bicyclic) bond motifs is 1. The van der Waals surface area contributed by atoms with E-state index in [0.717, 1.165) is 27.7 Å². The molecule has 0 unspecified atom stereocenters. The predicted molar refractivity (Wildman–Crippen MR) is 71.6 cm³/mol. The molecule has 0 aliphatic rings. The van der Waals surface area contributed by atoms with Crippen LogP contribution in [-0.4, -0.2) is 4.98 Å². The van der Waals surface area contributed by atoms with Crippen molar-refractivity contribution < 1.29 is 4.39 Å². The molecule has 0 saturated heterocycles. The third-order valence-electron chi connectivity index (χ3n) is 3.07. The number of hydrogen-bond acceptors (Lipinski definition) is 1. The molecule has 2 nitrogen and oxygen atoms in total. The van der Waals surface area contributed by atoms with E-state index in [-0.39, 0.29) is 5.82 Å². The lowest BCUT2D eigenvalue weighted by atomic mass is 10.0. The second-order valence-electron chi connectivity index (χ2n) is 4.31. The van der Waals surface area contributed by atoms with E-state index < -0.39 is 0 Å². The van der Waals surface area contributed by atoms with Gasteiger partial charge in [-0.3, -0.25) is 0 Å². The molecule has 0 aliphatic heterocycles. The first kappa shape index (κ1) is 11.0. The maximum atomic E-state index is 12.9. The van der Waals surface area contributed by atoms with Gasteiger partial charge < -0.3 is 10.7 Å². The Morgan fingerprint density at radius 1 is 0.944 bits per heavy atom. The van der Waals surface area contributed by atoms with Gasteiger partial charge in [0.25, 0.3) is 0 Å². The van der Waals surface area contributed by atoms with Crippen molar-refractivity contribution >= 4 is 10.9 Å². The highest BCUT2D eigenvalue weighted by atomic mass is 19.1. The lowest BCUT2D eigenvalue weighted by molar-refractivity contribution is 0.628. The molecule has 0 bridgehead atoms. The van der Waals surface area contributed by atoms with Gasteiger partial charge in [-0.1, -0.05) is 18.2 Å². The highest BCUT2D eigenvalue weighted by Crippen LogP contribution is 2.25. The molecule has 2 aromatic carbocycles. The van der Waals surface area contributed by atoms with Crippen molar-refractivity contribution in [2.75, 3.05) is 0 Å². The van der Waals surface area contributed by atoms with Gasteiger partial charge in [-0.15, -0.1) is 0 Å². The minimum absolute atomic E-state index is 0.216. The van der Waals surface area contributed by atoms with Crippen LogP contribution in [0.5, 0.6) is 0 Å². The molecule has 90 valence electrons. The molecule has 3 heteroatoms. The van der Waals surface area contributed by atoms with Crippen molar-refractivity contribution in [2.45, 2.75) is 6.54 Å². The van der Waals surface area contributed by atoms with Crippen LogP contribution in [0.2, 0.25) is 0 Å². The SMILES string of the molecule is NCc1cc2cc(-c3ccc(F)cc3)ccc2[nH]1. The van der Waals surface area contributed by atoms with Gasteiger partial charge in [0.1, 0.15) is 5.82 Å². The van der Waals surface area contributed by atoms with Crippen LogP contribution in [0.25, 0.3) is 22.0 Å². The van der Waals surface area contributed by atoms with Crippen LogP contribution in [0, 0.1) is 5.82 Å². The standard InChI is InChI=1S/C15H13FN2/c16-13-4-1-10(2-5-13)11-3-6-15-12(7-11)8-14(9-17)18-15/h1-8,18H,9,17H2. The van der Waals surface area contributed by atoms with Crippen LogP contribution < -0.4 is 5.73 Å². The predicted octanol–water partition coefficient (Wildman–Crippen LogP) is 3.43. The number of benzene rings is 2.